The van der Waals surface area contributed by atoms with Crippen molar-refractivity contribution in [1.29, 1.82) is 0 Å². The van der Waals surface area contributed by atoms with Crippen LogP contribution in [0.1, 0.15) is 28.8 Å². The second kappa shape index (κ2) is 10.4. The highest BCUT2D eigenvalue weighted by molar-refractivity contribution is 6.03. The molecule has 0 radical (unpaired) electrons. The Bertz CT molecular complexity index is 979. The van der Waals surface area contributed by atoms with E-state index in [4.69, 9.17) is 4.74 Å². The summed E-state index contributed by atoms with van der Waals surface area (Å²) in [7, 11) is 1.63. The summed E-state index contributed by atoms with van der Waals surface area (Å²) >= 11 is 0. The number of amides is 2. The summed E-state index contributed by atoms with van der Waals surface area (Å²) in [5, 5.41) is 8.07. The largest absolute Gasteiger partial charge is 0.385 e. The maximum absolute atomic E-state index is 12.5. The first kappa shape index (κ1) is 20.6. The molecule has 0 aliphatic rings. The summed E-state index contributed by atoms with van der Waals surface area (Å²) in [5.41, 5.74) is 2.13. The average molecular weight is 390 g/mol. The Morgan fingerprint density at radius 1 is 0.931 bits per heavy atom. The van der Waals surface area contributed by atoms with Crippen LogP contribution in [0, 0.1) is 0 Å². The molecular formula is C24H26N2O3. The molecule has 0 fully saturated rings. The van der Waals surface area contributed by atoms with Gasteiger partial charge in [0.25, 0.3) is 5.91 Å². The molecule has 2 amide bonds. The number of carbonyl (C=O) groups is 2. The first-order valence-corrected chi connectivity index (χ1v) is 9.81. The van der Waals surface area contributed by atoms with E-state index in [2.05, 4.69) is 34.9 Å². The van der Waals surface area contributed by atoms with Crippen LogP contribution in [0.3, 0.4) is 0 Å². The Morgan fingerprint density at radius 3 is 2.55 bits per heavy atom. The number of rotatable bonds is 9. The summed E-state index contributed by atoms with van der Waals surface area (Å²) < 4.78 is 4.99. The van der Waals surface area contributed by atoms with Crippen molar-refractivity contribution in [3.05, 3.63) is 77.9 Å². The SMILES string of the molecule is COCCCNC(=O)c1ccccc1NC(=O)CCc1cccc2ccccc12. The molecule has 2 N–H and O–H groups in total. The lowest BCUT2D eigenvalue weighted by Gasteiger charge is -2.12. The van der Waals surface area contributed by atoms with E-state index in [-0.39, 0.29) is 11.8 Å². The van der Waals surface area contributed by atoms with Crippen molar-refractivity contribution in [2.24, 2.45) is 0 Å². The molecule has 0 spiro atoms. The van der Waals surface area contributed by atoms with E-state index in [9.17, 15) is 9.59 Å². The minimum Gasteiger partial charge on any atom is -0.385 e. The number of aryl methyl sites for hydroxylation is 1. The van der Waals surface area contributed by atoms with Gasteiger partial charge in [0, 0.05) is 26.7 Å². The smallest absolute Gasteiger partial charge is 0.253 e. The molecule has 0 saturated carbocycles. The molecule has 0 unspecified atom stereocenters. The van der Waals surface area contributed by atoms with Crippen molar-refractivity contribution in [1.82, 2.24) is 5.32 Å². The van der Waals surface area contributed by atoms with Gasteiger partial charge in [-0.3, -0.25) is 9.59 Å². The van der Waals surface area contributed by atoms with Crippen molar-refractivity contribution < 1.29 is 14.3 Å². The van der Waals surface area contributed by atoms with E-state index < -0.39 is 0 Å². The van der Waals surface area contributed by atoms with E-state index in [1.54, 1.807) is 25.3 Å². The number of hydrogen-bond donors (Lipinski definition) is 2. The molecule has 5 heteroatoms. The number of hydrogen-bond acceptors (Lipinski definition) is 3. The Balaban J connectivity index is 1.61. The number of ether oxygens (including phenoxy) is 1. The fraction of sp³-hybridized carbons (Fsp3) is 0.250. The third-order valence-corrected chi connectivity index (χ3v) is 4.76. The molecule has 0 atom stereocenters. The van der Waals surface area contributed by atoms with Crippen molar-refractivity contribution >= 4 is 28.3 Å². The van der Waals surface area contributed by atoms with E-state index in [1.165, 1.54) is 10.8 Å². The van der Waals surface area contributed by atoms with Gasteiger partial charge in [-0.1, -0.05) is 54.6 Å². The van der Waals surface area contributed by atoms with Gasteiger partial charge >= 0.3 is 0 Å². The highest BCUT2D eigenvalue weighted by Gasteiger charge is 2.13. The minimum atomic E-state index is -0.203. The Morgan fingerprint density at radius 2 is 1.69 bits per heavy atom. The van der Waals surface area contributed by atoms with Gasteiger partial charge in [-0.05, 0) is 41.3 Å². The Kier molecular flexibility index (Phi) is 7.36. The molecule has 0 aromatic heterocycles. The third-order valence-electron chi connectivity index (χ3n) is 4.76. The summed E-state index contributed by atoms with van der Waals surface area (Å²) in [4.78, 5) is 25.0. The average Bonchev–Trinajstić information content (AvgIpc) is 2.75. The first-order chi connectivity index (χ1) is 14.2. The van der Waals surface area contributed by atoms with Crippen LogP contribution in [-0.2, 0) is 16.0 Å². The quantitative estimate of drug-likeness (QED) is 0.539. The molecule has 29 heavy (non-hydrogen) atoms. The van der Waals surface area contributed by atoms with Gasteiger partial charge in [-0.15, -0.1) is 0 Å². The van der Waals surface area contributed by atoms with Crippen molar-refractivity contribution in [2.45, 2.75) is 19.3 Å². The fourth-order valence-corrected chi connectivity index (χ4v) is 3.28. The third kappa shape index (κ3) is 5.65. The topological polar surface area (TPSA) is 67.4 Å². The van der Waals surface area contributed by atoms with Crippen LogP contribution in [0.2, 0.25) is 0 Å². The molecule has 0 bridgehead atoms. The Labute approximate surface area is 171 Å². The van der Waals surface area contributed by atoms with Gasteiger partial charge in [0.15, 0.2) is 0 Å². The summed E-state index contributed by atoms with van der Waals surface area (Å²) in [5.74, 6) is -0.316. The van der Waals surface area contributed by atoms with Gasteiger partial charge in [0.1, 0.15) is 0 Å². The molecule has 5 nitrogen and oxygen atoms in total. The monoisotopic (exact) mass is 390 g/mol. The summed E-state index contributed by atoms with van der Waals surface area (Å²) in [6.45, 7) is 1.11. The number of methoxy groups -OCH3 is 1. The van der Waals surface area contributed by atoms with Crippen LogP contribution in [0.25, 0.3) is 10.8 Å². The van der Waals surface area contributed by atoms with Gasteiger partial charge in [0.2, 0.25) is 5.91 Å². The fourth-order valence-electron chi connectivity index (χ4n) is 3.28. The molecule has 0 saturated heterocycles. The van der Waals surface area contributed by atoms with Crippen LogP contribution in [0.5, 0.6) is 0 Å². The van der Waals surface area contributed by atoms with E-state index in [1.807, 2.05) is 24.3 Å². The maximum atomic E-state index is 12.5. The molecule has 3 aromatic carbocycles. The lowest BCUT2D eigenvalue weighted by atomic mass is 10.0. The second-order valence-corrected chi connectivity index (χ2v) is 6.83. The predicted octanol–water partition coefficient (Wildman–Crippen LogP) is 4.18. The lowest BCUT2D eigenvalue weighted by molar-refractivity contribution is -0.116. The zero-order valence-corrected chi connectivity index (χ0v) is 16.6. The highest BCUT2D eigenvalue weighted by atomic mass is 16.5. The van der Waals surface area contributed by atoms with Crippen molar-refractivity contribution in [3.8, 4) is 0 Å². The number of para-hydroxylation sites is 1. The zero-order chi connectivity index (χ0) is 20.5. The molecule has 0 aliphatic carbocycles. The highest BCUT2D eigenvalue weighted by Crippen LogP contribution is 2.20. The van der Waals surface area contributed by atoms with Gasteiger partial charge in [-0.25, -0.2) is 0 Å². The molecular weight excluding hydrogens is 364 g/mol. The van der Waals surface area contributed by atoms with Crippen LogP contribution in [0.4, 0.5) is 5.69 Å². The zero-order valence-electron chi connectivity index (χ0n) is 16.6. The van der Waals surface area contributed by atoms with Crippen LogP contribution >= 0.6 is 0 Å². The molecule has 3 aromatic rings. The normalized spacial score (nSPS) is 10.7. The summed E-state index contributed by atoms with van der Waals surface area (Å²) in [6.07, 6.45) is 1.72. The minimum absolute atomic E-state index is 0.113. The van der Waals surface area contributed by atoms with E-state index in [0.29, 0.717) is 37.2 Å². The standard InChI is InChI=1S/C24H26N2O3/c1-29-17-7-16-25-24(28)21-12-4-5-13-22(21)26-23(27)15-14-19-10-6-9-18-8-2-3-11-20(18)19/h2-6,8-13H,7,14-17H2,1H3,(H,25,28)(H,26,27). The number of benzene rings is 3. The van der Waals surface area contributed by atoms with Crippen LogP contribution in [0.15, 0.2) is 66.7 Å². The predicted molar refractivity (Wildman–Crippen MR) is 116 cm³/mol. The van der Waals surface area contributed by atoms with E-state index >= 15 is 0 Å². The van der Waals surface area contributed by atoms with Crippen molar-refractivity contribution in [2.75, 3.05) is 25.6 Å². The van der Waals surface area contributed by atoms with Gasteiger partial charge < -0.3 is 15.4 Å². The van der Waals surface area contributed by atoms with Crippen molar-refractivity contribution in [3.63, 3.8) is 0 Å². The molecule has 3 rings (SSSR count). The number of nitrogens with one attached hydrogen (secondary N) is 2. The van der Waals surface area contributed by atoms with Crippen LogP contribution in [-0.4, -0.2) is 32.1 Å². The molecule has 0 aliphatic heterocycles. The number of fused-ring (bicyclic) bond motifs is 1. The molecule has 0 heterocycles. The lowest BCUT2D eigenvalue weighted by Crippen LogP contribution is -2.26. The van der Waals surface area contributed by atoms with Gasteiger partial charge in [-0.2, -0.15) is 0 Å². The Hall–Kier alpha value is -3.18. The number of carbonyl (C=O) groups excluding carboxylic acids is 2. The molecule has 150 valence electrons. The maximum Gasteiger partial charge on any atom is 0.253 e. The van der Waals surface area contributed by atoms with E-state index in [0.717, 1.165) is 12.0 Å². The second-order valence-electron chi connectivity index (χ2n) is 6.83. The van der Waals surface area contributed by atoms with Gasteiger partial charge in [0.05, 0.1) is 11.3 Å². The number of anilines is 1. The summed E-state index contributed by atoms with van der Waals surface area (Å²) in [6, 6.07) is 21.4. The first-order valence-electron chi connectivity index (χ1n) is 9.81. The van der Waals surface area contributed by atoms with Crippen LogP contribution < -0.4 is 10.6 Å².